The summed E-state index contributed by atoms with van der Waals surface area (Å²) in [6.07, 6.45) is 1.75. The van der Waals surface area contributed by atoms with Crippen molar-refractivity contribution in [2.24, 2.45) is 7.05 Å². The smallest absolute Gasteiger partial charge is 0.320 e. The summed E-state index contributed by atoms with van der Waals surface area (Å²) in [7, 11) is 1.48. The predicted molar refractivity (Wildman–Crippen MR) is 114 cm³/mol. The van der Waals surface area contributed by atoms with E-state index in [0.29, 0.717) is 11.3 Å². The minimum absolute atomic E-state index is 0.275. The van der Waals surface area contributed by atoms with E-state index in [1.807, 2.05) is 36.4 Å². The average molecular weight is 427 g/mol. The number of hydrogen-bond acceptors (Lipinski definition) is 5. The Morgan fingerprint density at radius 2 is 1.87 bits per heavy atom. The molecule has 156 valence electrons. The number of carboxylic acid groups (broad SMARTS) is 1. The van der Waals surface area contributed by atoms with Gasteiger partial charge in [-0.15, -0.1) is 11.3 Å². The Morgan fingerprint density at radius 3 is 2.57 bits per heavy atom. The molecule has 9 heteroatoms. The number of urea groups is 1. The number of nitrogens with one attached hydrogen (secondary N) is 2. The Labute approximate surface area is 176 Å². The molecule has 0 saturated heterocycles. The molecule has 0 radical (unpaired) electrons. The van der Waals surface area contributed by atoms with Crippen molar-refractivity contribution in [1.82, 2.24) is 9.88 Å². The SMILES string of the molecule is Cn1ccc(O)c(NC(=O)N[C@@H](CC(=O)O)c2ccc(Cc3ccccc3)s2)c1=O. The van der Waals surface area contributed by atoms with Crippen molar-refractivity contribution < 1.29 is 19.8 Å². The van der Waals surface area contributed by atoms with Gasteiger partial charge in [0.15, 0.2) is 5.69 Å². The fraction of sp³-hybridized carbons (Fsp3) is 0.190. The standard InChI is InChI=1S/C21H21N3O5S/c1-24-10-9-16(25)19(20(24)28)23-21(29)22-15(12-18(26)27)17-8-7-14(30-17)11-13-5-3-2-4-6-13/h2-10,15,25H,11-12H2,1H3,(H,26,27)(H2,22,23,29)/t15-/m0/s1. The minimum atomic E-state index is -1.07. The maximum Gasteiger partial charge on any atom is 0.320 e. The molecule has 2 amide bonds. The monoisotopic (exact) mass is 427 g/mol. The normalized spacial score (nSPS) is 11.6. The summed E-state index contributed by atoms with van der Waals surface area (Å²) in [4.78, 5) is 37.6. The van der Waals surface area contributed by atoms with Gasteiger partial charge in [0.1, 0.15) is 5.75 Å². The van der Waals surface area contributed by atoms with E-state index in [4.69, 9.17) is 0 Å². The van der Waals surface area contributed by atoms with Crippen LogP contribution in [0.15, 0.2) is 59.5 Å². The number of amides is 2. The fourth-order valence-electron chi connectivity index (χ4n) is 2.92. The molecule has 0 bridgehead atoms. The molecule has 0 aliphatic carbocycles. The van der Waals surface area contributed by atoms with Gasteiger partial charge in [-0.3, -0.25) is 9.59 Å². The molecule has 0 fully saturated rings. The Hall–Kier alpha value is -3.59. The summed E-state index contributed by atoms with van der Waals surface area (Å²) in [6.45, 7) is 0. The van der Waals surface area contributed by atoms with Crippen LogP contribution < -0.4 is 16.2 Å². The molecule has 0 unspecified atom stereocenters. The second-order valence-corrected chi connectivity index (χ2v) is 7.91. The van der Waals surface area contributed by atoms with E-state index >= 15 is 0 Å². The summed E-state index contributed by atoms with van der Waals surface area (Å²) >= 11 is 1.41. The lowest BCUT2D eigenvalue weighted by atomic mass is 10.1. The Morgan fingerprint density at radius 1 is 1.13 bits per heavy atom. The fourth-order valence-corrected chi connectivity index (χ4v) is 4.01. The number of aromatic nitrogens is 1. The summed E-state index contributed by atoms with van der Waals surface area (Å²) in [5.74, 6) is -1.44. The summed E-state index contributed by atoms with van der Waals surface area (Å²) in [5, 5.41) is 24.0. The zero-order chi connectivity index (χ0) is 21.7. The maximum atomic E-state index is 12.4. The molecular formula is C21H21N3O5S. The zero-order valence-corrected chi connectivity index (χ0v) is 17.0. The first-order valence-corrected chi connectivity index (χ1v) is 9.95. The number of rotatable bonds is 7. The second-order valence-electron chi connectivity index (χ2n) is 6.71. The van der Waals surface area contributed by atoms with Crippen LogP contribution in [0, 0.1) is 0 Å². The number of nitrogens with zero attached hydrogens (tertiary/aromatic N) is 1. The van der Waals surface area contributed by atoms with E-state index in [1.54, 1.807) is 6.07 Å². The van der Waals surface area contributed by atoms with Crippen LogP contribution in [-0.2, 0) is 18.3 Å². The molecule has 30 heavy (non-hydrogen) atoms. The zero-order valence-electron chi connectivity index (χ0n) is 16.2. The molecule has 0 saturated carbocycles. The van der Waals surface area contributed by atoms with Crippen molar-refractivity contribution in [3.8, 4) is 5.75 Å². The largest absolute Gasteiger partial charge is 0.505 e. The third-order valence-electron chi connectivity index (χ3n) is 4.42. The average Bonchev–Trinajstić information content (AvgIpc) is 3.17. The molecule has 3 aromatic rings. The molecule has 0 aliphatic rings. The Bertz CT molecular complexity index is 1110. The summed E-state index contributed by atoms with van der Waals surface area (Å²) in [6, 6.07) is 13.3. The quantitative estimate of drug-likeness (QED) is 0.462. The number of hydrogen-bond donors (Lipinski definition) is 4. The Balaban J connectivity index is 1.75. The van der Waals surface area contributed by atoms with Crippen LogP contribution in [-0.4, -0.2) is 26.8 Å². The predicted octanol–water partition coefficient (Wildman–Crippen LogP) is 3.08. The van der Waals surface area contributed by atoms with Gasteiger partial charge >= 0.3 is 12.0 Å². The van der Waals surface area contributed by atoms with Crippen LogP contribution >= 0.6 is 11.3 Å². The van der Waals surface area contributed by atoms with Gasteiger partial charge in [0.05, 0.1) is 12.5 Å². The number of thiophene rings is 1. The lowest BCUT2D eigenvalue weighted by molar-refractivity contribution is -0.137. The van der Waals surface area contributed by atoms with Crippen molar-refractivity contribution in [3.05, 3.63) is 80.4 Å². The van der Waals surface area contributed by atoms with E-state index in [9.17, 15) is 24.6 Å². The van der Waals surface area contributed by atoms with Crippen LogP contribution in [0.1, 0.15) is 27.8 Å². The topological polar surface area (TPSA) is 121 Å². The van der Waals surface area contributed by atoms with Crippen LogP contribution in [0.5, 0.6) is 5.75 Å². The van der Waals surface area contributed by atoms with E-state index in [1.165, 1.54) is 35.2 Å². The van der Waals surface area contributed by atoms with Crippen LogP contribution in [0.3, 0.4) is 0 Å². The van der Waals surface area contributed by atoms with Crippen molar-refractivity contribution in [1.29, 1.82) is 0 Å². The molecule has 1 aromatic carbocycles. The highest BCUT2D eigenvalue weighted by atomic mass is 32.1. The van der Waals surface area contributed by atoms with Gasteiger partial charge in [0, 0.05) is 29.4 Å². The Kier molecular flexibility index (Phi) is 6.53. The van der Waals surface area contributed by atoms with Gasteiger partial charge in [-0.1, -0.05) is 30.3 Å². The molecule has 1 atom stereocenters. The first-order valence-electron chi connectivity index (χ1n) is 9.14. The molecule has 8 nitrogen and oxygen atoms in total. The van der Waals surface area contributed by atoms with Gasteiger partial charge in [0.2, 0.25) is 0 Å². The first kappa shape index (κ1) is 21.1. The van der Waals surface area contributed by atoms with Gasteiger partial charge in [-0.25, -0.2) is 4.79 Å². The van der Waals surface area contributed by atoms with Crippen LogP contribution in [0.25, 0.3) is 0 Å². The van der Waals surface area contributed by atoms with E-state index in [2.05, 4.69) is 10.6 Å². The summed E-state index contributed by atoms with van der Waals surface area (Å²) < 4.78 is 1.21. The number of pyridine rings is 1. The first-order chi connectivity index (χ1) is 14.3. The van der Waals surface area contributed by atoms with Crippen LogP contribution in [0.4, 0.5) is 10.5 Å². The third-order valence-corrected chi connectivity index (χ3v) is 5.61. The number of carbonyl (C=O) groups is 2. The lowest BCUT2D eigenvalue weighted by Crippen LogP contribution is -2.35. The summed E-state index contributed by atoms with van der Waals surface area (Å²) in [5.41, 5.74) is 0.269. The number of aromatic hydroxyl groups is 1. The van der Waals surface area contributed by atoms with Crippen molar-refractivity contribution >= 4 is 29.0 Å². The second kappa shape index (κ2) is 9.27. The molecular weight excluding hydrogens is 406 g/mol. The molecule has 3 rings (SSSR count). The van der Waals surface area contributed by atoms with Gasteiger partial charge < -0.3 is 25.4 Å². The van der Waals surface area contributed by atoms with Crippen molar-refractivity contribution in [2.45, 2.75) is 18.9 Å². The van der Waals surface area contributed by atoms with E-state index in [0.717, 1.165) is 10.4 Å². The number of anilines is 1. The number of aliphatic carboxylic acids is 1. The maximum absolute atomic E-state index is 12.4. The molecule has 2 heterocycles. The highest BCUT2D eigenvalue weighted by Crippen LogP contribution is 2.28. The third kappa shape index (κ3) is 5.26. The number of aryl methyl sites for hydroxylation is 1. The number of benzene rings is 1. The van der Waals surface area contributed by atoms with Gasteiger partial charge in [-0.05, 0) is 23.8 Å². The van der Waals surface area contributed by atoms with Crippen molar-refractivity contribution in [2.75, 3.05) is 5.32 Å². The minimum Gasteiger partial charge on any atom is -0.505 e. The van der Waals surface area contributed by atoms with E-state index in [-0.39, 0.29) is 17.9 Å². The highest BCUT2D eigenvalue weighted by Gasteiger charge is 2.21. The molecule has 2 aromatic heterocycles. The number of carboxylic acids is 1. The number of carbonyl (C=O) groups excluding carboxylic acids is 1. The van der Waals surface area contributed by atoms with Gasteiger partial charge in [0.25, 0.3) is 5.56 Å². The molecule has 4 N–H and O–H groups in total. The van der Waals surface area contributed by atoms with Gasteiger partial charge in [-0.2, -0.15) is 0 Å². The lowest BCUT2D eigenvalue weighted by Gasteiger charge is -2.16. The highest BCUT2D eigenvalue weighted by molar-refractivity contribution is 7.12. The molecule has 0 spiro atoms. The molecule has 0 aliphatic heterocycles. The van der Waals surface area contributed by atoms with E-state index < -0.39 is 23.6 Å². The van der Waals surface area contributed by atoms with Crippen molar-refractivity contribution in [3.63, 3.8) is 0 Å². The van der Waals surface area contributed by atoms with Crippen LogP contribution in [0.2, 0.25) is 0 Å².